The summed E-state index contributed by atoms with van der Waals surface area (Å²) in [6.45, 7) is 4.32. The highest BCUT2D eigenvalue weighted by Crippen LogP contribution is 2.39. The van der Waals surface area contributed by atoms with Gasteiger partial charge in [0.1, 0.15) is 5.75 Å². The second kappa shape index (κ2) is 7.44. The molecule has 1 aromatic rings. The molecule has 2 heterocycles. The van der Waals surface area contributed by atoms with Gasteiger partial charge < -0.3 is 20.3 Å². The van der Waals surface area contributed by atoms with E-state index >= 15 is 0 Å². The number of carbonyl (C=O) groups is 2. The van der Waals surface area contributed by atoms with Crippen molar-refractivity contribution >= 4 is 11.8 Å². The first-order valence-corrected chi connectivity index (χ1v) is 9.01. The maximum absolute atomic E-state index is 12.5. The van der Waals surface area contributed by atoms with Crippen molar-refractivity contribution in [1.82, 2.24) is 9.80 Å². The molecular weight excluding hydrogens is 318 g/mol. The van der Waals surface area contributed by atoms with Gasteiger partial charge in [0.2, 0.25) is 11.8 Å². The van der Waals surface area contributed by atoms with E-state index in [9.17, 15) is 9.59 Å². The lowest BCUT2D eigenvalue weighted by atomic mass is 9.78. The van der Waals surface area contributed by atoms with Gasteiger partial charge in [-0.05, 0) is 56.5 Å². The van der Waals surface area contributed by atoms with Crippen LogP contribution in [0.4, 0.5) is 0 Å². The van der Waals surface area contributed by atoms with Crippen LogP contribution in [0.5, 0.6) is 5.75 Å². The molecule has 6 nitrogen and oxygen atoms in total. The number of nitrogens with zero attached hydrogens (tertiary/aromatic N) is 2. The van der Waals surface area contributed by atoms with Gasteiger partial charge in [0.25, 0.3) is 0 Å². The molecule has 3 rings (SSSR count). The lowest BCUT2D eigenvalue weighted by Crippen LogP contribution is -2.48. The van der Waals surface area contributed by atoms with Crippen molar-refractivity contribution in [2.24, 2.45) is 11.1 Å². The Balaban J connectivity index is 1.41. The minimum Gasteiger partial charge on any atom is -0.494 e. The Morgan fingerprint density at radius 1 is 1.24 bits per heavy atom. The lowest BCUT2D eigenvalue weighted by Gasteiger charge is -2.37. The maximum atomic E-state index is 12.5. The third-order valence-electron chi connectivity index (χ3n) is 5.41. The number of ether oxygens (including phenoxy) is 1. The van der Waals surface area contributed by atoms with Crippen LogP contribution in [-0.4, -0.2) is 61.4 Å². The van der Waals surface area contributed by atoms with E-state index in [-0.39, 0.29) is 5.41 Å². The number of primary amides is 1. The number of piperidine rings is 1. The SMILES string of the molecule is CN1CCC[C@]2(CCN(CCCOc3ccc(C(N)=O)cc3)C2)C1=O. The molecule has 6 heteroatoms. The van der Waals surface area contributed by atoms with Crippen molar-refractivity contribution in [2.45, 2.75) is 25.7 Å². The number of rotatable bonds is 6. The Labute approximate surface area is 148 Å². The number of hydrogen-bond donors (Lipinski definition) is 1. The summed E-state index contributed by atoms with van der Waals surface area (Å²) in [6.07, 6.45) is 4.03. The predicted octanol–water partition coefficient (Wildman–Crippen LogP) is 1.50. The molecule has 2 saturated heterocycles. The summed E-state index contributed by atoms with van der Waals surface area (Å²) >= 11 is 0. The molecule has 25 heavy (non-hydrogen) atoms. The number of hydrogen-bond acceptors (Lipinski definition) is 4. The van der Waals surface area contributed by atoms with Crippen molar-refractivity contribution < 1.29 is 14.3 Å². The Bertz CT molecular complexity index is 631. The molecule has 1 spiro atoms. The summed E-state index contributed by atoms with van der Waals surface area (Å²) in [5, 5.41) is 0. The molecule has 0 unspecified atom stereocenters. The number of nitrogens with two attached hydrogens (primary N) is 1. The lowest BCUT2D eigenvalue weighted by molar-refractivity contribution is -0.143. The zero-order valence-corrected chi connectivity index (χ0v) is 14.9. The molecule has 2 N–H and O–H groups in total. The molecule has 2 aliphatic heterocycles. The van der Waals surface area contributed by atoms with Crippen molar-refractivity contribution in [3.8, 4) is 5.75 Å². The first-order chi connectivity index (χ1) is 12.0. The van der Waals surface area contributed by atoms with E-state index < -0.39 is 5.91 Å². The third-order valence-corrected chi connectivity index (χ3v) is 5.41. The topological polar surface area (TPSA) is 75.9 Å². The highest BCUT2D eigenvalue weighted by atomic mass is 16.5. The Hall–Kier alpha value is -2.08. The fourth-order valence-electron chi connectivity index (χ4n) is 3.99. The summed E-state index contributed by atoms with van der Waals surface area (Å²) in [5.74, 6) is 0.636. The molecule has 136 valence electrons. The molecule has 0 saturated carbocycles. The Morgan fingerprint density at radius 3 is 2.72 bits per heavy atom. The van der Waals surface area contributed by atoms with Gasteiger partial charge in [0.05, 0.1) is 12.0 Å². The predicted molar refractivity (Wildman–Crippen MR) is 95.4 cm³/mol. The molecule has 0 radical (unpaired) electrons. The van der Waals surface area contributed by atoms with Gasteiger partial charge in [-0.1, -0.05) is 0 Å². The smallest absolute Gasteiger partial charge is 0.248 e. The summed E-state index contributed by atoms with van der Waals surface area (Å²) in [5.41, 5.74) is 5.56. The van der Waals surface area contributed by atoms with Crippen LogP contribution < -0.4 is 10.5 Å². The highest BCUT2D eigenvalue weighted by molar-refractivity contribution is 5.92. The summed E-state index contributed by atoms with van der Waals surface area (Å²) in [7, 11) is 1.92. The number of amides is 2. The normalized spacial score (nSPS) is 24.0. The molecule has 1 atom stereocenters. The Morgan fingerprint density at radius 2 is 2.00 bits per heavy atom. The molecule has 2 fully saturated rings. The Kier molecular flexibility index (Phi) is 5.27. The van der Waals surface area contributed by atoms with E-state index in [1.54, 1.807) is 24.3 Å². The second-order valence-corrected chi connectivity index (χ2v) is 7.23. The summed E-state index contributed by atoms with van der Waals surface area (Å²) in [4.78, 5) is 27.8. The van der Waals surface area contributed by atoms with Gasteiger partial charge in [-0.15, -0.1) is 0 Å². The van der Waals surface area contributed by atoms with Crippen LogP contribution in [-0.2, 0) is 4.79 Å². The number of likely N-dealkylation sites (tertiary alicyclic amines) is 2. The van der Waals surface area contributed by atoms with E-state index in [0.717, 1.165) is 57.6 Å². The van der Waals surface area contributed by atoms with Crippen LogP contribution in [0, 0.1) is 5.41 Å². The fraction of sp³-hybridized carbons (Fsp3) is 0.579. The van der Waals surface area contributed by atoms with Crippen LogP contribution in [0.25, 0.3) is 0 Å². The van der Waals surface area contributed by atoms with E-state index in [1.807, 2.05) is 11.9 Å². The van der Waals surface area contributed by atoms with Gasteiger partial charge >= 0.3 is 0 Å². The summed E-state index contributed by atoms with van der Waals surface area (Å²) < 4.78 is 5.72. The van der Waals surface area contributed by atoms with Crippen molar-refractivity contribution in [1.29, 1.82) is 0 Å². The van der Waals surface area contributed by atoms with E-state index in [2.05, 4.69) is 4.90 Å². The second-order valence-electron chi connectivity index (χ2n) is 7.23. The largest absolute Gasteiger partial charge is 0.494 e. The van der Waals surface area contributed by atoms with Crippen LogP contribution in [0.1, 0.15) is 36.0 Å². The van der Waals surface area contributed by atoms with Crippen LogP contribution >= 0.6 is 0 Å². The minimum atomic E-state index is -0.433. The quantitative estimate of drug-likeness (QED) is 0.793. The number of benzene rings is 1. The molecular formula is C19H27N3O3. The average molecular weight is 345 g/mol. The van der Waals surface area contributed by atoms with Crippen LogP contribution in [0.3, 0.4) is 0 Å². The molecule has 1 aromatic carbocycles. The van der Waals surface area contributed by atoms with Gasteiger partial charge in [-0.25, -0.2) is 0 Å². The number of carbonyl (C=O) groups excluding carboxylic acids is 2. The van der Waals surface area contributed by atoms with Gasteiger partial charge in [-0.2, -0.15) is 0 Å². The van der Waals surface area contributed by atoms with E-state index in [4.69, 9.17) is 10.5 Å². The standard InChI is InChI=1S/C19H27N3O3/c1-21-10-2-8-19(18(21)24)9-12-22(14-19)11-3-13-25-16-6-4-15(5-7-16)17(20)23/h4-7H,2-3,8-14H2,1H3,(H2,20,23)/t19-/m1/s1. The van der Waals surface area contributed by atoms with Crippen molar-refractivity contribution in [3.05, 3.63) is 29.8 Å². The monoisotopic (exact) mass is 345 g/mol. The van der Waals surface area contributed by atoms with E-state index in [0.29, 0.717) is 18.1 Å². The maximum Gasteiger partial charge on any atom is 0.248 e. The molecule has 0 aromatic heterocycles. The first kappa shape index (κ1) is 17.7. The van der Waals surface area contributed by atoms with Crippen molar-refractivity contribution in [2.75, 3.05) is 39.8 Å². The fourth-order valence-corrected chi connectivity index (χ4v) is 3.99. The van der Waals surface area contributed by atoms with Crippen LogP contribution in [0.15, 0.2) is 24.3 Å². The molecule has 0 bridgehead atoms. The van der Waals surface area contributed by atoms with E-state index in [1.165, 1.54) is 0 Å². The van der Waals surface area contributed by atoms with Crippen LogP contribution in [0.2, 0.25) is 0 Å². The van der Waals surface area contributed by atoms with Gasteiger partial charge in [-0.3, -0.25) is 9.59 Å². The molecule has 0 aliphatic carbocycles. The highest BCUT2D eigenvalue weighted by Gasteiger charge is 2.47. The first-order valence-electron chi connectivity index (χ1n) is 9.01. The zero-order valence-electron chi connectivity index (χ0n) is 14.9. The minimum absolute atomic E-state index is 0.140. The van der Waals surface area contributed by atoms with Gasteiger partial charge in [0.15, 0.2) is 0 Å². The van der Waals surface area contributed by atoms with Crippen molar-refractivity contribution in [3.63, 3.8) is 0 Å². The van der Waals surface area contributed by atoms with Gasteiger partial charge in [0, 0.05) is 32.2 Å². The average Bonchev–Trinajstić information content (AvgIpc) is 3.01. The zero-order chi connectivity index (χ0) is 17.9. The summed E-state index contributed by atoms with van der Waals surface area (Å²) in [6, 6.07) is 6.88. The molecule has 2 aliphatic rings. The third kappa shape index (κ3) is 3.95. The molecule has 2 amide bonds.